The zero-order chi connectivity index (χ0) is 24.2. The number of hydrogen-bond acceptors (Lipinski definition) is 5. The Bertz CT molecular complexity index is 1190. The first-order chi connectivity index (χ1) is 16.3. The summed E-state index contributed by atoms with van der Waals surface area (Å²) in [5, 5.41) is 14.3. The quantitative estimate of drug-likeness (QED) is 0.417. The molecule has 1 heterocycles. The van der Waals surface area contributed by atoms with Crippen LogP contribution in [0, 0.1) is 17.0 Å². The van der Waals surface area contributed by atoms with Crippen molar-refractivity contribution in [3.8, 4) is 0 Å². The van der Waals surface area contributed by atoms with E-state index in [1.54, 1.807) is 19.1 Å². The van der Waals surface area contributed by atoms with Gasteiger partial charge in [0.15, 0.2) is 0 Å². The molecular formula is C27H30N4O3. The van der Waals surface area contributed by atoms with Crippen LogP contribution >= 0.6 is 0 Å². The molecule has 7 nitrogen and oxygen atoms in total. The average Bonchev–Trinajstić information content (AvgIpc) is 2.84. The molecule has 1 atom stereocenters. The van der Waals surface area contributed by atoms with Gasteiger partial charge < -0.3 is 10.2 Å². The number of nitrogens with one attached hydrogen (secondary N) is 1. The smallest absolute Gasteiger partial charge is 0.273 e. The number of carbonyl (C=O) groups excluding carboxylic acids is 1. The number of fused-ring (bicyclic) bond motifs is 1. The summed E-state index contributed by atoms with van der Waals surface area (Å²) in [6.45, 7) is 3.77. The van der Waals surface area contributed by atoms with Crippen LogP contribution in [0.15, 0.2) is 66.7 Å². The molecule has 0 bridgehead atoms. The van der Waals surface area contributed by atoms with E-state index >= 15 is 0 Å². The van der Waals surface area contributed by atoms with Gasteiger partial charge in [-0.15, -0.1) is 0 Å². The summed E-state index contributed by atoms with van der Waals surface area (Å²) in [7, 11) is 4.02. The van der Waals surface area contributed by atoms with Gasteiger partial charge in [0.25, 0.3) is 11.6 Å². The van der Waals surface area contributed by atoms with Crippen molar-refractivity contribution < 1.29 is 9.72 Å². The predicted octanol–water partition coefficient (Wildman–Crippen LogP) is 4.50. The Labute approximate surface area is 200 Å². The standard InChI is InChI=1S/C27H30N4O3/c1-19-8-9-22(16-25(19)31(33)34)27(32)28-17-26(21-10-12-24(13-11-21)29(2)3)30-15-14-20-6-4-5-7-23(20)18-30/h4-13,16,26H,14-15,17-18H2,1-3H3,(H,28,32). The first-order valence-corrected chi connectivity index (χ1v) is 11.4. The molecule has 34 heavy (non-hydrogen) atoms. The number of rotatable bonds is 7. The number of hydrogen-bond donors (Lipinski definition) is 1. The maximum Gasteiger partial charge on any atom is 0.273 e. The molecule has 0 saturated heterocycles. The number of nitro benzene ring substituents is 1. The monoisotopic (exact) mass is 458 g/mol. The first-order valence-electron chi connectivity index (χ1n) is 11.4. The van der Waals surface area contributed by atoms with Crippen molar-refractivity contribution in [1.82, 2.24) is 10.2 Å². The molecule has 0 radical (unpaired) electrons. The number of benzene rings is 3. The van der Waals surface area contributed by atoms with Crippen LogP contribution in [-0.2, 0) is 13.0 Å². The highest BCUT2D eigenvalue weighted by molar-refractivity contribution is 5.95. The van der Waals surface area contributed by atoms with E-state index in [0.717, 1.165) is 30.8 Å². The molecular weight excluding hydrogens is 428 g/mol. The normalized spacial score (nSPS) is 14.2. The van der Waals surface area contributed by atoms with Gasteiger partial charge in [-0.1, -0.05) is 42.5 Å². The maximum absolute atomic E-state index is 12.9. The lowest BCUT2D eigenvalue weighted by molar-refractivity contribution is -0.385. The lowest BCUT2D eigenvalue weighted by Crippen LogP contribution is -2.40. The van der Waals surface area contributed by atoms with E-state index in [4.69, 9.17) is 0 Å². The number of aryl methyl sites for hydroxylation is 1. The summed E-state index contributed by atoms with van der Waals surface area (Å²) in [5.74, 6) is -0.310. The molecule has 0 aliphatic carbocycles. The van der Waals surface area contributed by atoms with Crippen LogP contribution in [0.4, 0.5) is 11.4 Å². The van der Waals surface area contributed by atoms with Crippen LogP contribution in [-0.4, -0.2) is 42.9 Å². The van der Waals surface area contributed by atoms with Gasteiger partial charge in [-0.25, -0.2) is 0 Å². The van der Waals surface area contributed by atoms with Gasteiger partial charge in [-0.3, -0.25) is 19.8 Å². The minimum Gasteiger partial charge on any atom is -0.378 e. The number of anilines is 1. The van der Waals surface area contributed by atoms with Crippen molar-refractivity contribution in [1.29, 1.82) is 0 Å². The highest BCUT2D eigenvalue weighted by atomic mass is 16.6. The van der Waals surface area contributed by atoms with Crippen molar-refractivity contribution in [2.75, 3.05) is 32.1 Å². The third kappa shape index (κ3) is 5.10. The molecule has 0 saturated carbocycles. The third-order valence-electron chi connectivity index (χ3n) is 6.52. The molecule has 1 amide bonds. The Hall–Kier alpha value is -3.71. The predicted molar refractivity (Wildman–Crippen MR) is 134 cm³/mol. The van der Waals surface area contributed by atoms with E-state index in [0.29, 0.717) is 17.7 Å². The molecule has 1 aliphatic heterocycles. The van der Waals surface area contributed by atoms with E-state index in [1.807, 2.05) is 14.1 Å². The molecule has 3 aromatic carbocycles. The van der Waals surface area contributed by atoms with E-state index in [9.17, 15) is 14.9 Å². The second-order valence-electron chi connectivity index (χ2n) is 8.96. The Kier molecular flexibility index (Phi) is 6.93. The number of nitro groups is 1. The van der Waals surface area contributed by atoms with Crippen molar-refractivity contribution in [2.24, 2.45) is 0 Å². The van der Waals surface area contributed by atoms with E-state index in [2.05, 4.69) is 63.6 Å². The SMILES string of the molecule is Cc1ccc(C(=O)NCC(c2ccc(N(C)C)cc2)N2CCc3ccccc3C2)cc1[N+](=O)[O-]. The lowest BCUT2D eigenvalue weighted by atomic mass is 9.96. The average molecular weight is 459 g/mol. The third-order valence-corrected chi connectivity index (χ3v) is 6.52. The van der Waals surface area contributed by atoms with Crippen molar-refractivity contribution in [3.05, 3.63) is 105 Å². The molecule has 3 aromatic rings. The van der Waals surface area contributed by atoms with Gasteiger partial charge in [0, 0.05) is 56.6 Å². The summed E-state index contributed by atoms with van der Waals surface area (Å²) >= 11 is 0. The lowest BCUT2D eigenvalue weighted by Gasteiger charge is -2.36. The molecule has 4 rings (SSSR count). The minimum absolute atomic E-state index is 0.0195. The summed E-state index contributed by atoms with van der Waals surface area (Å²) in [6.07, 6.45) is 0.959. The van der Waals surface area contributed by atoms with Crippen molar-refractivity contribution in [3.63, 3.8) is 0 Å². The fraction of sp³-hybridized carbons (Fsp3) is 0.296. The maximum atomic E-state index is 12.9. The summed E-state index contributed by atoms with van der Waals surface area (Å²) in [5.41, 5.74) is 5.70. The second kappa shape index (κ2) is 10.1. The molecule has 0 spiro atoms. The number of carbonyl (C=O) groups is 1. The van der Waals surface area contributed by atoms with E-state index < -0.39 is 4.92 Å². The van der Waals surface area contributed by atoms with Gasteiger partial charge in [0.05, 0.1) is 11.0 Å². The highest BCUT2D eigenvalue weighted by Crippen LogP contribution is 2.29. The Morgan fingerprint density at radius 3 is 2.47 bits per heavy atom. The summed E-state index contributed by atoms with van der Waals surface area (Å²) < 4.78 is 0. The fourth-order valence-electron chi connectivity index (χ4n) is 4.47. The van der Waals surface area contributed by atoms with Gasteiger partial charge in [-0.2, -0.15) is 0 Å². The molecule has 7 heteroatoms. The topological polar surface area (TPSA) is 78.7 Å². The Morgan fingerprint density at radius 2 is 1.79 bits per heavy atom. The molecule has 0 fully saturated rings. The zero-order valence-electron chi connectivity index (χ0n) is 19.8. The molecule has 0 aromatic heterocycles. The number of nitrogens with zero attached hydrogens (tertiary/aromatic N) is 3. The molecule has 1 N–H and O–H groups in total. The van der Waals surface area contributed by atoms with Crippen LogP contribution in [0.1, 0.15) is 38.7 Å². The Balaban J connectivity index is 1.57. The van der Waals surface area contributed by atoms with Crippen LogP contribution in [0.5, 0.6) is 0 Å². The highest BCUT2D eigenvalue weighted by Gasteiger charge is 2.26. The number of amides is 1. The molecule has 176 valence electrons. The molecule has 1 aliphatic rings. The van der Waals surface area contributed by atoms with Crippen molar-refractivity contribution >= 4 is 17.3 Å². The summed E-state index contributed by atoms with van der Waals surface area (Å²) in [6, 6.07) is 21.5. The van der Waals surface area contributed by atoms with Crippen LogP contribution in [0.3, 0.4) is 0 Å². The van der Waals surface area contributed by atoms with Crippen molar-refractivity contribution in [2.45, 2.75) is 25.9 Å². The van der Waals surface area contributed by atoms with Crippen LogP contribution in [0.2, 0.25) is 0 Å². The van der Waals surface area contributed by atoms with Gasteiger partial charge in [-0.05, 0) is 48.2 Å². The zero-order valence-corrected chi connectivity index (χ0v) is 19.8. The van der Waals surface area contributed by atoms with E-state index in [-0.39, 0.29) is 17.6 Å². The minimum atomic E-state index is -0.452. The van der Waals surface area contributed by atoms with Gasteiger partial charge in [0.1, 0.15) is 0 Å². The molecule has 1 unspecified atom stereocenters. The van der Waals surface area contributed by atoms with Crippen LogP contribution in [0.25, 0.3) is 0 Å². The Morgan fingerprint density at radius 1 is 1.09 bits per heavy atom. The fourth-order valence-corrected chi connectivity index (χ4v) is 4.47. The van der Waals surface area contributed by atoms with Gasteiger partial charge in [0.2, 0.25) is 0 Å². The first kappa shape index (κ1) is 23.4. The summed E-state index contributed by atoms with van der Waals surface area (Å²) in [4.78, 5) is 28.2. The van der Waals surface area contributed by atoms with E-state index in [1.165, 1.54) is 17.2 Å². The second-order valence-corrected chi connectivity index (χ2v) is 8.96. The van der Waals surface area contributed by atoms with Crippen LogP contribution < -0.4 is 10.2 Å². The largest absolute Gasteiger partial charge is 0.378 e. The van der Waals surface area contributed by atoms with Gasteiger partial charge >= 0.3 is 0 Å².